The van der Waals surface area contributed by atoms with Crippen LogP contribution in [0.1, 0.15) is 6.92 Å². The van der Waals surface area contributed by atoms with Gasteiger partial charge in [-0.15, -0.1) is 0 Å². The quantitative estimate of drug-likeness (QED) is 0.516. The molecule has 1 amide bonds. The molecule has 0 aliphatic heterocycles. The number of rotatable bonds is 4. The first-order chi connectivity index (χ1) is 11.5. The van der Waals surface area contributed by atoms with Gasteiger partial charge in [-0.3, -0.25) is 9.78 Å². The molecule has 0 radical (unpaired) electrons. The van der Waals surface area contributed by atoms with Gasteiger partial charge in [0.2, 0.25) is 0 Å². The molecule has 0 fully saturated rings. The van der Waals surface area contributed by atoms with Gasteiger partial charge < -0.3 is 10.1 Å². The number of nitrogens with zero attached hydrogens (tertiary/aromatic N) is 1. The van der Waals surface area contributed by atoms with Gasteiger partial charge in [-0.05, 0) is 72.0 Å². The molecule has 0 bridgehead atoms. The number of carbonyl (C=O) groups is 1. The number of halogens is 2. The third-order valence-electron chi connectivity index (χ3n) is 3.47. The Bertz CT molecular complexity index is 884. The molecule has 0 spiro atoms. The standard InChI is InChI=1S/C18H14BrIN2O2/c1-11(24-13-6-4-12(20)5-7-13)18(23)22-16-9-8-15(19)14-3-2-10-21-17(14)16/h2-11H,1H3,(H,22,23)/t11-/m1/s1. The van der Waals surface area contributed by atoms with E-state index in [-0.39, 0.29) is 5.91 Å². The Hall–Kier alpha value is -1.67. The van der Waals surface area contributed by atoms with Crippen LogP contribution in [0.4, 0.5) is 5.69 Å². The fourth-order valence-electron chi connectivity index (χ4n) is 2.24. The number of aromatic nitrogens is 1. The van der Waals surface area contributed by atoms with Gasteiger partial charge in [0.25, 0.3) is 5.91 Å². The third kappa shape index (κ3) is 3.87. The number of nitrogens with one attached hydrogen (secondary N) is 1. The summed E-state index contributed by atoms with van der Waals surface area (Å²) in [6, 6.07) is 15.1. The van der Waals surface area contributed by atoms with Gasteiger partial charge in [0.1, 0.15) is 5.75 Å². The topological polar surface area (TPSA) is 51.2 Å². The van der Waals surface area contributed by atoms with E-state index in [2.05, 4.69) is 48.8 Å². The van der Waals surface area contributed by atoms with Gasteiger partial charge in [-0.2, -0.15) is 0 Å². The highest BCUT2D eigenvalue weighted by atomic mass is 127. The monoisotopic (exact) mass is 496 g/mol. The summed E-state index contributed by atoms with van der Waals surface area (Å²) in [5.74, 6) is 0.444. The Morgan fingerprint density at radius 2 is 1.96 bits per heavy atom. The minimum absolute atomic E-state index is 0.220. The van der Waals surface area contributed by atoms with E-state index in [9.17, 15) is 4.79 Å². The summed E-state index contributed by atoms with van der Waals surface area (Å²) in [7, 11) is 0. The largest absolute Gasteiger partial charge is 0.481 e. The van der Waals surface area contributed by atoms with Gasteiger partial charge in [0.15, 0.2) is 6.10 Å². The maximum Gasteiger partial charge on any atom is 0.265 e. The van der Waals surface area contributed by atoms with E-state index < -0.39 is 6.10 Å². The van der Waals surface area contributed by atoms with Crippen LogP contribution < -0.4 is 10.1 Å². The number of anilines is 1. The van der Waals surface area contributed by atoms with E-state index in [1.165, 1.54) is 0 Å². The zero-order valence-corrected chi connectivity index (χ0v) is 16.5. The average Bonchev–Trinajstić information content (AvgIpc) is 2.59. The molecule has 24 heavy (non-hydrogen) atoms. The summed E-state index contributed by atoms with van der Waals surface area (Å²) < 4.78 is 7.75. The van der Waals surface area contributed by atoms with Crippen LogP contribution >= 0.6 is 38.5 Å². The van der Waals surface area contributed by atoms with Crippen LogP contribution in [0.15, 0.2) is 59.2 Å². The highest BCUT2D eigenvalue weighted by molar-refractivity contribution is 14.1. The van der Waals surface area contributed by atoms with Crippen LogP contribution in [-0.2, 0) is 4.79 Å². The zero-order valence-electron chi connectivity index (χ0n) is 12.8. The Kier molecular flexibility index (Phi) is 5.35. The minimum atomic E-state index is -0.618. The van der Waals surface area contributed by atoms with Gasteiger partial charge in [0.05, 0.1) is 11.2 Å². The lowest BCUT2D eigenvalue weighted by Crippen LogP contribution is -2.30. The molecule has 1 aromatic heterocycles. The van der Waals surface area contributed by atoms with Crippen molar-refractivity contribution in [1.29, 1.82) is 0 Å². The van der Waals surface area contributed by atoms with Crippen LogP contribution in [-0.4, -0.2) is 17.0 Å². The number of pyridine rings is 1. The van der Waals surface area contributed by atoms with E-state index >= 15 is 0 Å². The zero-order chi connectivity index (χ0) is 17.1. The van der Waals surface area contributed by atoms with Crippen LogP contribution in [0.25, 0.3) is 10.9 Å². The average molecular weight is 497 g/mol. The molecular formula is C18H14BrIN2O2. The molecule has 0 aliphatic rings. The Labute approximate surface area is 161 Å². The first-order valence-electron chi connectivity index (χ1n) is 7.31. The molecule has 1 heterocycles. The van der Waals surface area contributed by atoms with Crippen molar-refractivity contribution < 1.29 is 9.53 Å². The van der Waals surface area contributed by atoms with Gasteiger partial charge >= 0.3 is 0 Å². The summed E-state index contributed by atoms with van der Waals surface area (Å²) in [4.78, 5) is 16.8. The summed E-state index contributed by atoms with van der Waals surface area (Å²) in [6.07, 6.45) is 1.09. The lowest BCUT2D eigenvalue weighted by atomic mass is 10.2. The number of amides is 1. The van der Waals surface area contributed by atoms with Crippen molar-refractivity contribution in [1.82, 2.24) is 4.98 Å². The molecular weight excluding hydrogens is 483 g/mol. The molecule has 0 saturated carbocycles. The first-order valence-corrected chi connectivity index (χ1v) is 9.18. The molecule has 3 aromatic rings. The number of hydrogen-bond donors (Lipinski definition) is 1. The maximum atomic E-state index is 12.4. The summed E-state index contributed by atoms with van der Waals surface area (Å²) in [5.41, 5.74) is 1.40. The molecule has 2 aromatic carbocycles. The highest BCUT2D eigenvalue weighted by Gasteiger charge is 2.16. The Morgan fingerprint density at radius 1 is 1.21 bits per heavy atom. The molecule has 3 rings (SSSR count). The second-order valence-electron chi connectivity index (χ2n) is 5.20. The van der Waals surface area contributed by atoms with Crippen LogP contribution in [0, 0.1) is 3.57 Å². The number of benzene rings is 2. The van der Waals surface area contributed by atoms with Crippen LogP contribution in [0.3, 0.4) is 0 Å². The summed E-state index contributed by atoms with van der Waals surface area (Å²) in [6.45, 7) is 1.72. The molecule has 0 aliphatic carbocycles. The van der Waals surface area contributed by atoms with Crippen molar-refractivity contribution >= 4 is 61.0 Å². The number of hydrogen-bond acceptors (Lipinski definition) is 3. The van der Waals surface area contributed by atoms with E-state index in [0.717, 1.165) is 18.9 Å². The predicted molar refractivity (Wildman–Crippen MR) is 107 cm³/mol. The molecule has 1 N–H and O–H groups in total. The highest BCUT2D eigenvalue weighted by Crippen LogP contribution is 2.28. The first kappa shape index (κ1) is 17.2. The van der Waals surface area contributed by atoms with E-state index in [0.29, 0.717) is 11.4 Å². The van der Waals surface area contributed by atoms with Gasteiger partial charge in [-0.25, -0.2) is 0 Å². The molecule has 0 saturated heterocycles. The minimum Gasteiger partial charge on any atom is -0.481 e. The summed E-state index contributed by atoms with van der Waals surface area (Å²) >= 11 is 5.72. The van der Waals surface area contributed by atoms with Crippen molar-refractivity contribution in [3.05, 3.63) is 62.8 Å². The molecule has 6 heteroatoms. The lowest BCUT2D eigenvalue weighted by molar-refractivity contribution is -0.122. The van der Waals surface area contributed by atoms with Gasteiger partial charge in [0, 0.05) is 19.6 Å². The summed E-state index contributed by atoms with van der Waals surface area (Å²) in [5, 5.41) is 3.84. The second kappa shape index (κ2) is 7.48. The number of fused-ring (bicyclic) bond motifs is 1. The SMILES string of the molecule is C[C@@H](Oc1ccc(I)cc1)C(=O)Nc1ccc(Br)c2cccnc12. The fourth-order valence-corrected chi connectivity index (χ4v) is 3.06. The maximum absolute atomic E-state index is 12.4. The Morgan fingerprint density at radius 3 is 2.71 bits per heavy atom. The fraction of sp³-hybridized carbons (Fsp3) is 0.111. The van der Waals surface area contributed by atoms with Gasteiger partial charge in [-0.1, -0.05) is 22.0 Å². The van der Waals surface area contributed by atoms with Crippen molar-refractivity contribution in [2.75, 3.05) is 5.32 Å². The van der Waals surface area contributed by atoms with Crippen LogP contribution in [0.5, 0.6) is 5.75 Å². The molecule has 1 atom stereocenters. The molecule has 122 valence electrons. The van der Waals surface area contributed by atoms with E-state index in [4.69, 9.17) is 4.74 Å². The number of ether oxygens (including phenoxy) is 1. The van der Waals surface area contributed by atoms with Crippen molar-refractivity contribution in [2.45, 2.75) is 13.0 Å². The van der Waals surface area contributed by atoms with Crippen molar-refractivity contribution in [3.63, 3.8) is 0 Å². The van der Waals surface area contributed by atoms with E-state index in [1.807, 2.05) is 48.5 Å². The Balaban J connectivity index is 1.77. The molecule has 4 nitrogen and oxygen atoms in total. The van der Waals surface area contributed by atoms with E-state index in [1.54, 1.807) is 13.1 Å². The van der Waals surface area contributed by atoms with Crippen molar-refractivity contribution in [2.24, 2.45) is 0 Å². The van der Waals surface area contributed by atoms with Crippen molar-refractivity contribution in [3.8, 4) is 5.75 Å². The second-order valence-corrected chi connectivity index (χ2v) is 7.30. The number of carbonyl (C=O) groups excluding carboxylic acids is 1. The molecule has 0 unspecified atom stereocenters. The lowest BCUT2D eigenvalue weighted by Gasteiger charge is -2.15. The predicted octanol–water partition coefficient (Wildman–Crippen LogP) is 5.01. The third-order valence-corrected chi connectivity index (χ3v) is 4.88. The normalized spacial score (nSPS) is 12.0. The smallest absolute Gasteiger partial charge is 0.265 e. The van der Waals surface area contributed by atoms with Crippen LogP contribution in [0.2, 0.25) is 0 Å².